The van der Waals surface area contributed by atoms with Gasteiger partial charge in [-0.05, 0) is 60.2 Å². The van der Waals surface area contributed by atoms with Gasteiger partial charge in [-0.3, -0.25) is 14.4 Å². The maximum absolute atomic E-state index is 14.8. The normalized spacial score (nSPS) is 17.6. The molecule has 7 nitrogen and oxygen atoms in total. The topological polar surface area (TPSA) is 85.5 Å². The number of amides is 2. The first-order chi connectivity index (χ1) is 17.1. The summed E-state index contributed by atoms with van der Waals surface area (Å²) in [5, 5.41) is 4.22. The Hall–Kier alpha value is -3.17. The van der Waals surface area contributed by atoms with Crippen molar-refractivity contribution in [1.82, 2.24) is 14.8 Å². The van der Waals surface area contributed by atoms with E-state index in [0.717, 1.165) is 17.2 Å². The van der Waals surface area contributed by atoms with Crippen LogP contribution in [0.25, 0.3) is 10.8 Å². The summed E-state index contributed by atoms with van der Waals surface area (Å²) in [6.45, 7) is 2.08. The number of hydrogen-bond donors (Lipinski definition) is 2. The molecule has 1 aromatic heterocycles. The molecule has 2 amide bonds. The van der Waals surface area contributed by atoms with Crippen molar-refractivity contribution >= 4 is 51.5 Å². The molecule has 5 rings (SSSR count). The molecule has 0 spiro atoms. The SMILES string of the molecule is CC1c2c(Cl)cc(Cl)cc2CCN1C(=O)CNc1cc2cc(C(=O)N3CC(F)C3)[nH]c(=O)c2cc1F. The van der Waals surface area contributed by atoms with Gasteiger partial charge >= 0.3 is 0 Å². The van der Waals surface area contributed by atoms with Gasteiger partial charge in [-0.15, -0.1) is 0 Å². The maximum atomic E-state index is 14.8. The number of fused-ring (bicyclic) bond motifs is 2. The summed E-state index contributed by atoms with van der Waals surface area (Å²) >= 11 is 12.5. The zero-order valence-corrected chi connectivity index (χ0v) is 20.7. The second kappa shape index (κ2) is 9.37. The van der Waals surface area contributed by atoms with Crippen molar-refractivity contribution in [2.24, 2.45) is 0 Å². The third-order valence-corrected chi connectivity index (χ3v) is 7.26. The molecule has 1 saturated heterocycles. The third-order valence-electron chi connectivity index (χ3n) is 6.72. The number of nitrogens with one attached hydrogen (secondary N) is 2. The van der Waals surface area contributed by atoms with Gasteiger partial charge < -0.3 is 20.1 Å². The molecule has 2 aromatic carbocycles. The van der Waals surface area contributed by atoms with Crippen molar-refractivity contribution in [2.75, 3.05) is 31.5 Å². The van der Waals surface area contributed by atoms with Crippen molar-refractivity contribution in [3.8, 4) is 0 Å². The van der Waals surface area contributed by atoms with Gasteiger partial charge in [0.05, 0.1) is 36.7 Å². The Kier molecular flexibility index (Phi) is 6.38. The molecule has 3 aromatic rings. The van der Waals surface area contributed by atoms with E-state index in [0.29, 0.717) is 28.4 Å². The minimum atomic E-state index is -1.08. The summed E-state index contributed by atoms with van der Waals surface area (Å²) in [6, 6.07) is 7.07. The molecule has 1 atom stereocenters. The quantitative estimate of drug-likeness (QED) is 0.521. The Labute approximate surface area is 215 Å². The number of alkyl halides is 1. The Morgan fingerprint density at radius 3 is 2.64 bits per heavy atom. The highest BCUT2D eigenvalue weighted by atomic mass is 35.5. The number of carbonyl (C=O) groups is 2. The van der Waals surface area contributed by atoms with Crippen molar-refractivity contribution in [3.63, 3.8) is 0 Å². The summed E-state index contributed by atoms with van der Waals surface area (Å²) in [7, 11) is 0. The molecular weight excluding hydrogens is 513 g/mol. The molecule has 1 unspecified atom stereocenters. The number of halogens is 4. The van der Waals surface area contributed by atoms with Crippen LogP contribution in [0.2, 0.25) is 10.0 Å². The van der Waals surface area contributed by atoms with Gasteiger partial charge in [0.1, 0.15) is 17.7 Å². The van der Waals surface area contributed by atoms with E-state index >= 15 is 0 Å². The van der Waals surface area contributed by atoms with E-state index in [-0.39, 0.29) is 48.4 Å². The lowest BCUT2D eigenvalue weighted by molar-refractivity contribution is -0.131. The average molecular weight is 535 g/mol. The Morgan fingerprint density at radius 1 is 1.17 bits per heavy atom. The van der Waals surface area contributed by atoms with Gasteiger partial charge in [0.2, 0.25) is 5.91 Å². The standard InChI is InChI=1S/C25H22Cl2F2N4O3/c1-12-23-13(4-15(26)7-18(23)27)2-3-33(12)22(34)9-30-20-5-14-6-21(25(36)32-10-16(28)11-32)31-24(35)17(14)8-19(20)29/h4-8,12,16,30H,2-3,9-11H2,1H3,(H,31,35). The third kappa shape index (κ3) is 4.41. The van der Waals surface area contributed by atoms with E-state index in [1.165, 1.54) is 17.0 Å². The largest absolute Gasteiger partial charge is 0.374 e. The van der Waals surface area contributed by atoms with Crippen LogP contribution in [0.5, 0.6) is 0 Å². The molecule has 11 heteroatoms. The number of likely N-dealkylation sites (tertiary alicyclic amines) is 1. The fraction of sp³-hybridized carbons (Fsp3) is 0.320. The van der Waals surface area contributed by atoms with Crippen LogP contribution in [-0.4, -0.2) is 58.9 Å². The number of aromatic amines is 1. The van der Waals surface area contributed by atoms with Gasteiger partial charge in [-0.1, -0.05) is 23.2 Å². The summed E-state index contributed by atoms with van der Waals surface area (Å²) in [5.74, 6) is -1.46. The van der Waals surface area contributed by atoms with Gasteiger partial charge in [-0.25, -0.2) is 8.78 Å². The summed E-state index contributed by atoms with van der Waals surface area (Å²) in [4.78, 5) is 43.4. The van der Waals surface area contributed by atoms with E-state index in [2.05, 4.69) is 10.3 Å². The van der Waals surface area contributed by atoms with E-state index in [1.807, 2.05) is 13.0 Å². The molecule has 188 valence electrons. The Morgan fingerprint density at radius 2 is 1.92 bits per heavy atom. The van der Waals surface area contributed by atoms with E-state index in [4.69, 9.17) is 23.2 Å². The average Bonchev–Trinajstić information content (AvgIpc) is 2.80. The zero-order chi connectivity index (χ0) is 25.7. The van der Waals surface area contributed by atoms with Crippen LogP contribution in [0, 0.1) is 5.82 Å². The minimum absolute atomic E-state index is 0.00850. The van der Waals surface area contributed by atoms with Crippen molar-refractivity contribution < 1.29 is 18.4 Å². The number of nitrogens with zero attached hydrogens (tertiary/aromatic N) is 2. The van der Waals surface area contributed by atoms with Gasteiger partial charge in [0.15, 0.2) is 0 Å². The molecule has 2 aliphatic heterocycles. The number of aromatic nitrogens is 1. The lowest BCUT2D eigenvalue weighted by atomic mass is 9.93. The lowest BCUT2D eigenvalue weighted by Gasteiger charge is -2.36. The van der Waals surface area contributed by atoms with E-state index in [9.17, 15) is 23.2 Å². The first kappa shape index (κ1) is 24.5. The minimum Gasteiger partial charge on any atom is -0.374 e. The van der Waals surface area contributed by atoms with Crippen LogP contribution in [0.4, 0.5) is 14.5 Å². The fourth-order valence-electron chi connectivity index (χ4n) is 4.82. The summed E-state index contributed by atoms with van der Waals surface area (Å²) < 4.78 is 27.9. The summed E-state index contributed by atoms with van der Waals surface area (Å²) in [6.07, 6.45) is -0.482. The highest BCUT2D eigenvalue weighted by Crippen LogP contribution is 2.37. The Balaban J connectivity index is 1.34. The van der Waals surface area contributed by atoms with Crippen molar-refractivity contribution in [2.45, 2.75) is 25.6 Å². The molecular formula is C25H22Cl2F2N4O3. The number of H-pyrrole nitrogens is 1. The number of anilines is 1. The van der Waals surface area contributed by atoms with Gasteiger partial charge in [0.25, 0.3) is 11.5 Å². The predicted octanol–water partition coefficient (Wildman–Crippen LogP) is 4.33. The van der Waals surface area contributed by atoms with Crippen molar-refractivity contribution in [3.05, 3.63) is 73.4 Å². The molecule has 0 saturated carbocycles. The predicted molar refractivity (Wildman–Crippen MR) is 134 cm³/mol. The van der Waals surface area contributed by atoms with E-state index in [1.54, 1.807) is 11.0 Å². The number of pyridine rings is 1. The highest BCUT2D eigenvalue weighted by molar-refractivity contribution is 6.35. The molecule has 1 fully saturated rings. The highest BCUT2D eigenvalue weighted by Gasteiger charge is 2.32. The lowest BCUT2D eigenvalue weighted by Crippen LogP contribution is -2.51. The van der Waals surface area contributed by atoms with Crippen LogP contribution >= 0.6 is 23.2 Å². The van der Waals surface area contributed by atoms with Crippen LogP contribution < -0.4 is 10.9 Å². The molecule has 0 aliphatic carbocycles. The number of rotatable bonds is 4. The van der Waals surface area contributed by atoms with Crippen LogP contribution in [0.1, 0.15) is 34.6 Å². The van der Waals surface area contributed by atoms with Crippen LogP contribution in [-0.2, 0) is 11.2 Å². The number of benzene rings is 2. The van der Waals surface area contributed by atoms with Crippen molar-refractivity contribution in [1.29, 1.82) is 0 Å². The molecule has 0 radical (unpaired) electrons. The smallest absolute Gasteiger partial charge is 0.270 e. The monoisotopic (exact) mass is 534 g/mol. The first-order valence-electron chi connectivity index (χ1n) is 11.4. The van der Waals surface area contributed by atoms with Gasteiger partial charge in [-0.2, -0.15) is 0 Å². The van der Waals surface area contributed by atoms with Crippen LogP contribution in [0.3, 0.4) is 0 Å². The molecule has 2 aliphatic rings. The number of hydrogen-bond acceptors (Lipinski definition) is 4. The maximum Gasteiger partial charge on any atom is 0.270 e. The fourth-order valence-corrected chi connectivity index (χ4v) is 5.51. The first-order valence-corrected chi connectivity index (χ1v) is 12.2. The molecule has 0 bridgehead atoms. The number of carbonyl (C=O) groups excluding carboxylic acids is 2. The van der Waals surface area contributed by atoms with E-state index < -0.39 is 23.5 Å². The second-order valence-corrected chi connectivity index (χ2v) is 9.91. The summed E-state index contributed by atoms with van der Waals surface area (Å²) in [5.41, 5.74) is 1.21. The Bertz CT molecular complexity index is 1460. The molecule has 3 heterocycles. The zero-order valence-electron chi connectivity index (χ0n) is 19.2. The van der Waals surface area contributed by atoms with Crippen LogP contribution in [0.15, 0.2) is 35.1 Å². The second-order valence-electron chi connectivity index (χ2n) is 9.07. The molecule has 36 heavy (non-hydrogen) atoms. The molecule has 2 N–H and O–H groups in total. The van der Waals surface area contributed by atoms with Gasteiger partial charge in [0, 0.05) is 16.6 Å².